The molecule has 1 saturated heterocycles. The van der Waals surface area contributed by atoms with Gasteiger partial charge in [0.2, 0.25) is 33.8 Å². The third kappa shape index (κ3) is 9.19. The number of aliphatic hydroxyl groups excluding tert-OH is 1. The molecule has 0 radical (unpaired) electrons. The summed E-state index contributed by atoms with van der Waals surface area (Å²) in [7, 11) is -4.18. The van der Waals surface area contributed by atoms with Crippen LogP contribution in [0.25, 0.3) is 21.7 Å². The van der Waals surface area contributed by atoms with Crippen molar-refractivity contribution in [3.8, 4) is 11.6 Å². The van der Waals surface area contributed by atoms with E-state index in [1.54, 1.807) is 12.2 Å². The van der Waals surface area contributed by atoms with Crippen molar-refractivity contribution in [1.29, 1.82) is 0 Å². The topological polar surface area (TPSA) is 193 Å². The maximum absolute atomic E-state index is 14.7. The summed E-state index contributed by atoms with van der Waals surface area (Å²) in [5.74, 6) is -7.41. The van der Waals surface area contributed by atoms with E-state index in [0.717, 1.165) is 29.2 Å². The van der Waals surface area contributed by atoms with Gasteiger partial charge in [0, 0.05) is 29.2 Å². The fourth-order valence-electron chi connectivity index (χ4n) is 7.72. The normalized spacial score (nSPS) is 26.8. The van der Waals surface area contributed by atoms with Crippen LogP contribution in [0.3, 0.4) is 0 Å². The summed E-state index contributed by atoms with van der Waals surface area (Å²) < 4.78 is 131. The highest BCUT2D eigenvalue weighted by Gasteiger charge is 2.63. The molecule has 14 nitrogen and oxygen atoms in total. The van der Waals surface area contributed by atoms with Crippen LogP contribution in [0.15, 0.2) is 48.6 Å². The van der Waals surface area contributed by atoms with Crippen LogP contribution in [0.1, 0.15) is 64.7 Å². The summed E-state index contributed by atoms with van der Waals surface area (Å²) in [4.78, 5) is 60.5. The highest BCUT2D eigenvalue weighted by atomic mass is 32.2. The number of carbonyl (C=O) groups is 4. The number of fused-ring (bicyclic) bond motifs is 5. The molecule has 7 rings (SSSR count). The number of sulfonamides is 1. The van der Waals surface area contributed by atoms with Crippen LogP contribution >= 0.6 is 0 Å². The Morgan fingerprint density at radius 1 is 1.02 bits per heavy atom. The predicted octanol–water partition coefficient (Wildman–Crippen LogP) is 4.58. The van der Waals surface area contributed by atoms with Gasteiger partial charge in [0.1, 0.15) is 35.3 Å². The maximum Gasteiger partial charge on any atom is 0.573 e. The van der Waals surface area contributed by atoms with E-state index in [1.807, 2.05) is 5.32 Å². The Morgan fingerprint density at radius 2 is 1.74 bits per heavy atom. The molecule has 22 heteroatoms. The number of rotatable bonds is 8. The molecule has 6 atom stereocenters. The molecular formula is C39H40F7N5O9S. The molecule has 3 fully saturated rings. The molecule has 1 aromatic heterocycles. The minimum absolute atomic E-state index is 0.0273. The van der Waals surface area contributed by atoms with Crippen LogP contribution in [-0.2, 0) is 29.2 Å². The molecule has 0 bridgehead atoms. The Bertz CT molecular complexity index is 2410. The summed E-state index contributed by atoms with van der Waals surface area (Å²) in [5.41, 5.74) is -1.88. The van der Waals surface area contributed by atoms with Crippen LogP contribution in [0.2, 0.25) is 0 Å². The molecule has 4 amide bonds. The minimum Gasteiger partial charge on any atom is -0.472 e. The quantitative estimate of drug-likeness (QED) is 0.142. The van der Waals surface area contributed by atoms with Gasteiger partial charge in [0.25, 0.3) is 11.8 Å². The van der Waals surface area contributed by atoms with E-state index in [2.05, 4.69) is 19.8 Å². The molecule has 61 heavy (non-hydrogen) atoms. The van der Waals surface area contributed by atoms with Crippen LogP contribution < -0.4 is 24.8 Å². The first-order valence-corrected chi connectivity index (χ1v) is 20.9. The van der Waals surface area contributed by atoms with Gasteiger partial charge in [-0.15, -0.1) is 13.2 Å². The fraction of sp³-hybridized carbons (Fsp3) is 0.513. The number of alkyl halides is 6. The first-order chi connectivity index (χ1) is 28.5. The van der Waals surface area contributed by atoms with Crippen LogP contribution in [-0.4, -0.2) is 101 Å². The van der Waals surface area contributed by atoms with E-state index < -0.39 is 111 Å². The Labute approximate surface area is 343 Å². The number of nitrogens with one attached hydrogen (secondary N) is 3. The number of allylic oxidation sites excluding steroid dienone is 1. The molecule has 2 aliphatic heterocycles. The number of benzene rings is 2. The zero-order valence-electron chi connectivity index (χ0n) is 32.2. The lowest BCUT2D eigenvalue weighted by atomic mass is 10.0. The molecule has 0 unspecified atom stereocenters. The molecule has 2 aromatic carbocycles. The smallest absolute Gasteiger partial charge is 0.472 e. The van der Waals surface area contributed by atoms with E-state index in [-0.39, 0.29) is 46.8 Å². The van der Waals surface area contributed by atoms with Crippen molar-refractivity contribution in [3.05, 3.63) is 54.4 Å². The first-order valence-electron chi connectivity index (χ1n) is 19.4. The average Bonchev–Trinajstić information content (AvgIpc) is 4.05. The first kappa shape index (κ1) is 43.8. The second-order valence-corrected chi connectivity index (χ2v) is 18.2. The number of hydrogen-bond acceptors (Lipinski definition) is 10. The molecule has 2 aliphatic carbocycles. The van der Waals surface area contributed by atoms with Crippen molar-refractivity contribution >= 4 is 55.3 Å². The van der Waals surface area contributed by atoms with Crippen molar-refractivity contribution < 1.29 is 72.9 Å². The SMILES string of the molecule is CC1(S(=O)(=O)NC(=O)[C@@]23C[C@H]2/C=C\CCCCC[C@H](NC(=O)[C@H](O)C(F)(F)F)C(=O)N2C[C@H](Oc4nc5cc(OC(F)(F)F)ccc5c5ccc(F)cc45)C[C@H]2C(=O)N3)CC1. The van der Waals surface area contributed by atoms with Crippen molar-refractivity contribution in [3.63, 3.8) is 0 Å². The summed E-state index contributed by atoms with van der Waals surface area (Å²) in [5, 5.41) is 14.9. The third-order valence-electron chi connectivity index (χ3n) is 11.6. The molecular weight excluding hydrogens is 848 g/mol. The van der Waals surface area contributed by atoms with Crippen molar-refractivity contribution in [1.82, 2.24) is 25.2 Å². The van der Waals surface area contributed by atoms with Crippen LogP contribution in [0.4, 0.5) is 30.7 Å². The van der Waals surface area contributed by atoms with Gasteiger partial charge in [-0.25, -0.2) is 17.8 Å². The van der Waals surface area contributed by atoms with Crippen molar-refractivity contribution in [2.24, 2.45) is 5.92 Å². The molecule has 4 N–H and O–H groups in total. The van der Waals surface area contributed by atoms with Crippen molar-refractivity contribution in [2.75, 3.05) is 6.54 Å². The lowest BCUT2D eigenvalue weighted by Crippen LogP contribution is -2.59. The van der Waals surface area contributed by atoms with E-state index in [4.69, 9.17) is 4.74 Å². The van der Waals surface area contributed by atoms with Gasteiger partial charge < -0.3 is 30.1 Å². The molecule has 0 spiro atoms. The largest absolute Gasteiger partial charge is 0.573 e. The number of hydrogen-bond donors (Lipinski definition) is 4. The second-order valence-electron chi connectivity index (χ2n) is 16.0. The fourth-order valence-corrected chi connectivity index (χ4v) is 9.03. The molecule has 3 heterocycles. The van der Waals surface area contributed by atoms with E-state index in [1.165, 1.54) is 19.1 Å². The van der Waals surface area contributed by atoms with Crippen LogP contribution in [0, 0.1) is 11.7 Å². The highest BCUT2D eigenvalue weighted by Crippen LogP contribution is 2.48. The Kier molecular flexibility index (Phi) is 11.4. The average molecular weight is 888 g/mol. The zero-order chi connectivity index (χ0) is 44.3. The summed E-state index contributed by atoms with van der Waals surface area (Å²) in [6, 6.07) is 3.44. The van der Waals surface area contributed by atoms with E-state index in [9.17, 15) is 63.4 Å². The number of aromatic nitrogens is 1. The van der Waals surface area contributed by atoms with E-state index >= 15 is 0 Å². The number of nitrogens with zero attached hydrogens (tertiary/aromatic N) is 2. The minimum atomic E-state index is -5.39. The lowest BCUT2D eigenvalue weighted by Gasteiger charge is -2.30. The standard InChI is InChI=1S/C39H40F7N5O9S/c1-36(13-14-36)61(57,58)50-35(56)37-18-20(37)7-5-3-2-4-6-8-27(47-32(54)30(52)38(41,42)43)34(55)51-19-23(17-29(51)31(53)49-37)59-33-26-15-21(40)9-11-24(26)25-12-10-22(16-28(25)48-33)60-39(44,45)46/h5,7,9-12,15-16,20,23,27,29-30,52H,2-4,6,8,13-14,17-19H2,1H3,(H,47,54)(H,49,53)(H,50,56)/b7-5-/t20-,23-,27+,29+,30+,37-/m1/s1. The highest BCUT2D eigenvalue weighted by molar-refractivity contribution is 7.91. The van der Waals surface area contributed by atoms with Crippen LogP contribution in [0.5, 0.6) is 11.6 Å². The second kappa shape index (κ2) is 15.9. The molecule has 2 saturated carbocycles. The van der Waals surface area contributed by atoms with Gasteiger partial charge in [0.15, 0.2) is 0 Å². The number of carbonyl (C=O) groups excluding carboxylic acids is 4. The molecule has 4 aliphatic rings. The summed E-state index contributed by atoms with van der Waals surface area (Å²) >= 11 is 0. The van der Waals surface area contributed by atoms with Gasteiger partial charge >= 0.3 is 12.5 Å². The lowest BCUT2D eigenvalue weighted by molar-refractivity contribution is -0.274. The zero-order valence-corrected chi connectivity index (χ0v) is 33.1. The van der Waals surface area contributed by atoms with Gasteiger partial charge in [-0.2, -0.15) is 13.2 Å². The van der Waals surface area contributed by atoms with Gasteiger partial charge in [0.05, 0.1) is 16.8 Å². The number of halogens is 7. The number of ether oxygens (including phenoxy) is 2. The molecule has 330 valence electrons. The summed E-state index contributed by atoms with van der Waals surface area (Å²) in [6.45, 7) is 0.941. The van der Waals surface area contributed by atoms with Crippen molar-refractivity contribution in [2.45, 2.75) is 112 Å². The number of amides is 4. The predicted molar refractivity (Wildman–Crippen MR) is 200 cm³/mol. The Morgan fingerprint density at radius 3 is 2.43 bits per heavy atom. The van der Waals surface area contributed by atoms with E-state index in [0.29, 0.717) is 32.1 Å². The maximum atomic E-state index is 14.7. The summed E-state index contributed by atoms with van der Waals surface area (Å²) in [6.07, 6.45) is -10.3. The molecule has 3 aromatic rings. The van der Waals surface area contributed by atoms with Gasteiger partial charge in [-0.3, -0.25) is 23.9 Å². The monoisotopic (exact) mass is 887 g/mol. The Balaban J connectivity index is 1.25. The van der Waals surface area contributed by atoms with Gasteiger partial charge in [-0.05, 0) is 75.1 Å². The third-order valence-corrected chi connectivity index (χ3v) is 13.7. The van der Waals surface area contributed by atoms with Gasteiger partial charge in [-0.1, -0.05) is 31.1 Å². The number of aliphatic hydroxyl groups is 1. The Hall–Kier alpha value is -5.25. The number of pyridine rings is 1.